The normalized spacial score (nSPS) is 20.6. The minimum atomic E-state index is -0.773. The number of anilines is 1. The standard InChI is InChI=1S/C17H22N2O4/c1-2-18-15(20)11-7-9-14(10-8-11)19-16(21)12-3-5-13(6-4-12)17(22)23/h7-10,12-13H,2-6H2,1H3,(H,18,20)(H,19,21)(H,22,23). The number of nitrogens with one attached hydrogen (secondary N) is 2. The smallest absolute Gasteiger partial charge is 0.306 e. The third-order valence-corrected chi connectivity index (χ3v) is 4.20. The predicted molar refractivity (Wildman–Crippen MR) is 86.2 cm³/mol. The second-order valence-electron chi connectivity index (χ2n) is 5.81. The van der Waals surface area contributed by atoms with Gasteiger partial charge in [0.15, 0.2) is 0 Å². The molecule has 1 aliphatic rings. The van der Waals surface area contributed by atoms with Crippen LogP contribution in [0.3, 0.4) is 0 Å². The highest BCUT2D eigenvalue weighted by Gasteiger charge is 2.29. The third-order valence-electron chi connectivity index (χ3n) is 4.20. The van der Waals surface area contributed by atoms with Crippen LogP contribution in [0.15, 0.2) is 24.3 Å². The maximum absolute atomic E-state index is 12.2. The molecule has 1 aliphatic carbocycles. The van der Waals surface area contributed by atoms with E-state index in [1.807, 2.05) is 6.92 Å². The maximum Gasteiger partial charge on any atom is 0.306 e. The molecular weight excluding hydrogens is 296 g/mol. The van der Waals surface area contributed by atoms with Gasteiger partial charge in [-0.2, -0.15) is 0 Å². The van der Waals surface area contributed by atoms with Crippen molar-refractivity contribution < 1.29 is 19.5 Å². The SMILES string of the molecule is CCNC(=O)c1ccc(NC(=O)C2CCC(C(=O)O)CC2)cc1. The average molecular weight is 318 g/mol. The van der Waals surface area contributed by atoms with E-state index in [0.717, 1.165) is 0 Å². The molecule has 1 fully saturated rings. The Hall–Kier alpha value is -2.37. The van der Waals surface area contributed by atoms with E-state index in [4.69, 9.17) is 5.11 Å². The number of carboxylic acids is 1. The number of aliphatic carboxylic acids is 1. The predicted octanol–water partition coefficient (Wildman–Crippen LogP) is 2.27. The van der Waals surface area contributed by atoms with E-state index in [-0.39, 0.29) is 23.7 Å². The van der Waals surface area contributed by atoms with Gasteiger partial charge in [-0.3, -0.25) is 14.4 Å². The Bertz CT molecular complexity index is 575. The van der Waals surface area contributed by atoms with Crippen LogP contribution in [-0.4, -0.2) is 29.4 Å². The number of hydrogen-bond acceptors (Lipinski definition) is 3. The van der Waals surface area contributed by atoms with Gasteiger partial charge in [-0.05, 0) is 56.9 Å². The summed E-state index contributed by atoms with van der Waals surface area (Å²) in [6.07, 6.45) is 2.28. The summed E-state index contributed by atoms with van der Waals surface area (Å²) in [6, 6.07) is 6.74. The number of hydrogen-bond donors (Lipinski definition) is 3. The van der Waals surface area contributed by atoms with Gasteiger partial charge >= 0.3 is 5.97 Å². The quantitative estimate of drug-likeness (QED) is 0.776. The van der Waals surface area contributed by atoms with Gasteiger partial charge in [0.1, 0.15) is 0 Å². The first-order valence-corrected chi connectivity index (χ1v) is 7.93. The van der Waals surface area contributed by atoms with E-state index in [2.05, 4.69) is 10.6 Å². The summed E-state index contributed by atoms with van der Waals surface area (Å²) in [6.45, 7) is 2.42. The molecular formula is C17H22N2O4. The van der Waals surface area contributed by atoms with Crippen molar-refractivity contribution in [3.05, 3.63) is 29.8 Å². The van der Waals surface area contributed by atoms with E-state index >= 15 is 0 Å². The maximum atomic E-state index is 12.2. The number of amides is 2. The van der Waals surface area contributed by atoms with Crippen LogP contribution in [0.2, 0.25) is 0 Å². The number of carboxylic acid groups (broad SMARTS) is 1. The molecule has 0 bridgehead atoms. The van der Waals surface area contributed by atoms with Crippen molar-refractivity contribution in [2.75, 3.05) is 11.9 Å². The summed E-state index contributed by atoms with van der Waals surface area (Å²) >= 11 is 0. The van der Waals surface area contributed by atoms with Crippen molar-refractivity contribution in [2.24, 2.45) is 11.8 Å². The van der Waals surface area contributed by atoms with Crippen LogP contribution in [0.5, 0.6) is 0 Å². The molecule has 0 aliphatic heterocycles. The Kier molecular flexibility index (Phi) is 5.73. The summed E-state index contributed by atoms with van der Waals surface area (Å²) in [5.41, 5.74) is 1.19. The van der Waals surface area contributed by atoms with E-state index in [0.29, 0.717) is 43.5 Å². The molecule has 2 rings (SSSR count). The third kappa shape index (κ3) is 4.55. The lowest BCUT2D eigenvalue weighted by molar-refractivity contribution is -0.143. The van der Waals surface area contributed by atoms with Crippen LogP contribution in [0.1, 0.15) is 43.0 Å². The highest BCUT2D eigenvalue weighted by Crippen LogP contribution is 2.29. The first kappa shape index (κ1) is 17.0. The van der Waals surface area contributed by atoms with Gasteiger partial charge in [-0.1, -0.05) is 0 Å². The zero-order valence-corrected chi connectivity index (χ0v) is 13.2. The summed E-state index contributed by atoms with van der Waals surface area (Å²) in [5, 5.41) is 14.5. The number of benzene rings is 1. The molecule has 6 heteroatoms. The van der Waals surface area contributed by atoms with Gasteiger partial charge in [-0.25, -0.2) is 0 Å². The lowest BCUT2D eigenvalue weighted by Crippen LogP contribution is -2.29. The van der Waals surface area contributed by atoms with Gasteiger partial charge < -0.3 is 15.7 Å². The molecule has 23 heavy (non-hydrogen) atoms. The first-order valence-electron chi connectivity index (χ1n) is 7.93. The summed E-state index contributed by atoms with van der Waals surface area (Å²) < 4.78 is 0. The second kappa shape index (κ2) is 7.76. The molecule has 2 amide bonds. The monoisotopic (exact) mass is 318 g/mol. The molecule has 0 aromatic heterocycles. The van der Waals surface area contributed by atoms with Gasteiger partial charge in [0.25, 0.3) is 5.91 Å². The van der Waals surface area contributed by atoms with Crippen molar-refractivity contribution in [2.45, 2.75) is 32.6 Å². The molecule has 0 unspecified atom stereocenters. The largest absolute Gasteiger partial charge is 0.481 e. The van der Waals surface area contributed by atoms with E-state index < -0.39 is 5.97 Å². The van der Waals surface area contributed by atoms with Crippen LogP contribution in [0.25, 0.3) is 0 Å². The zero-order chi connectivity index (χ0) is 16.8. The van der Waals surface area contributed by atoms with Gasteiger partial charge in [-0.15, -0.1) is 0 Å². The molecule has 0 heterocycles. The fourth-order valence-corrected chi connectivity index (χ4v) is 2.81. The van der Waals surface area contributed by atoms with E-state index in [1.54, 1.807) is 24.3 Å². The van der Waals surface area contributed by atoms with E-state index in [1.165, 1.54) is 0 Å². The molecule has 0 saturated heterocycles. The van der Waals surface area contributed by atoms with Crippen molar-refractivity contribution in [3.63, 3.8) is 0 Å². The number of carbonyl (C=O) groups excluding carboxylic acids is 2. The molecule has 1 aromatic rings. The molecule has 6 nitrogen and oxygen atoms in total. The second-order valence-corrected chi connectivity index (χ2v) is 5.81. The molecule has 124 valence electrons. The minimum Gasteiger partial charge on any atom is -0.481 e. The van der Waals surface area contributed by atoms with Gasteiger partial charge in [0.05, 0.1) is 5.92 Å². The Labute approximate surface area is 135 Å². The topological polar surface area (TPSA) is 95.5 Å². The van der Waals surface area contributed by atoms with E-state index in [9.17, 15) is 14.4 Å². The minimum absolute atomic E-state index is 0.0837. The lowest BCUT2D eigenvalue weighted by Gasteiger charge is -2.25. The van der Waals surface area contributed by atoms with Crippen molar-refractivity contribution in [3.8, 4) is 0 Å². The van der Waals surface area contributed by atoms with Gasteiger partial charge in [0, 0.05) is 23.7 Å². The fraction of sp³-hybridized carbons (Fsp3) is 0.471. The molecule has 0 radical (unpaired) electrons. The van der Waals surface area contributed by atoms with Crippen molar-refractivity contribution >= 4 is 23.5 Å². The molecule has 1 aromatic carbocycles. The Morgan fingerprint density at radius 2 is 1.61 bits per heavy atom. The van der Waals surface area contributed by atoms with Crippen LogP contribution in [0, 0.1) is 11.8 Å². The highest BCUT2D eigenvalue weighted by molar-refractivity contribution is 5.96. The van der Waals surface area contributed by atoms with Crippen LogP contribution < -0.4 is 10.6 Å². The molecule has 0 atom stereocenters. The molecule has 3 N–H and O–H groups in total. The molecule has 0 spiro atoms. The molecule has 1 saturated carbocycles. The average Bonchev–Trinajstić information content (AvgIpc) is 2.55. The number of rotatable bonds is 5. The Balaban J connectivity index is 1.88. The summed E-state index contributed by atoms with van der Waals surface area (Å²) in [5.74, 6) is -1.47. The summed E-state index contributed by atoms with van der Waals surface area (Å²) in [7, 11) is 0. The van der Waals surface area contributed by atoms with Crippen molar-refractivity contribution in [1.29, 1.82) is 0 Å². The van der Waals surface area contributed by atoms with Crippen molar-refractivity contribution in [1.82, 2.24) is 5.32 Å². The van der Waals surface area contributed by atoms with Crippen LogP contribution in [0.4, 0.5) is 5.69 Å². The fourth-order valence-electron chi connectivity index (χ4n) is 2.81. The zero-order valence-electron chi connectivity index (χ0n) is 13.2. The Morgan fingerprint density at radius 3 is 2.13 bits per heavy atom. The highest BCUT2D eigenvalue weighted by atomic mass is 16.4. The first-order chi connectivity index (χ1) is 11.0. The van der Waals surface area contributed by atoms with Crippen LogP contribution in [-0.2, 0) is 9.59 Å². The summed E-state index contributed by atoms with van der Waals surface area (Å²) in [4.78, 5) is 34.8. The lowest BCUT2D eigenvalue weighted by atomic mass is 9.81. The Morgan fingerprint density at radius 1 is 1.04 bits per heavy atom. The van der Waals surface area contributed by atoms with Gasteiger partial charge in [0.2, 0.25) is 5.91 Å². The van der Waals surface area contributed by atoms with Crippen LogP contribution >= 0.6 is 0 Å². The number of carbonyl (C=O) groups is 3.